The molecule has 87 valence electrons. The maximum atomic E-state index is 13.4. The Hall–Kier alpha value is -0.966. The zero-order valence-corrected chi connectivity index (χ0v) is 13.3. The Morgan fingerprint density at radius 2 is 1.83 bits per heavy atom. The summed E-state index contributed by atoms with van der Waals surface area (Å²) in [6.45, 7) is 4.01. The van der Waals surface area contributed by atoms with Crippen LogP contribution in [0.1, 0.15) is 16.7 Å². The van der Waals surface area contributed by atoms with Crippen LogP contribution < -0.4 is 0 Å². The molecule has 18 heavy (non-hydrogen) atoms. The fourth-order valence-electron chi connectivity index (χ4n) is 1.69. The number of hydrogen-bond donors (Lipinski definition) is 0. The molecule has 0 spiro atoms. The van der Waals surface area contributed by atoms with E-state index in [1.165, 1.54) is 12.1 Å². The molecule has 0 aliphatic rings. The number of hydrogen-bond acceptors (Lipinski definition) is 0. The summed E-state index contributed by atoms with van der Waals surface area (Å²) in [5.41, 5.74) is 4.51. The molecule has 0 unspecified atom stereocenters. The average molecular weight is 312 g/mol. The van der Waals surface area contributed by atoms with Gasteiger partial charge < -0.3 is 0 Å². The van der Waals surface area contributed by atoms with Gasteiger partial charge in [-0.1, -0.05) is 31.4 Å². The molecule has 2 rings (SSSR count). The van der Waals surface area contributed by atoms with Gasteiger partial charge in [0, 0.05) is 38.3 Å². The first-order chi connectivity index (χ1) is 8.10. The normalized spacial score (nSPS) is 9.44. The molecule has 0 saturated carbocycles. The molecule has 0 N–H and O–H groups in total. The largest absolute Gasteiger partial charge is 0.207 e. The fourth-order valence-corrected chi connectivity index (χ4v) is 1.69. The molecule has 1 radical (unpaired) electrons. The predicted octanol–water partition coefficient (Wildman–Crippen LogP) is 3.89. The average Bonchev–Trinajstić information content (AvgIpc) is 2.32. The Kier molecular flexibility index (Phi) is 5.26. The van der Waals surface area contributed by atoms with Crippen LogP contribution in [0.25, 0.3) is 11.1 Å². The molecule has 0 aliphatic heterocycles. The summed E-state index contributed by atoms with van der Waals surface area (Å²) in [5, 5.41) is 0. The van der Waals surface area contributed by atoms with Crippen molar-refractivity contribution < 1.29 is 37.1 Å². The zero-order chi connectivity index (χ0) is 12.4. The van der Waals surface area contributed by atoms with Crippen molar-refractivity contribution in [2.75, 3.05) is 0 Å². The molecule has 0 aromatic heterocycles. The summed E-state index contributed by atoms with van der Waals surface area (Å²) in [5.74, 6) is 2.14. The van der Waals surface area contributed by atoms with Gasteiger partial charge in [0.15, 0.2) is 0 Å². The molecular formula is C16H12FY-. The van der Waals surface area contributed by atoms with E-state index in [1.54, 1.807) is 6.07 Å². The molecule has 2 aromatic rings. The first-order valence-electron chi connectivity index (χ1n) is 5.36. The van der Waals surface area contributed by atoms with Crippen molar-refractivity contribution in [3.05, 3.63) is 58.9 Å². The molecule has 2 aromatic carbocycles. The van der Waals surface area contributed by atoms with E-state index in [9.17, 15) is 4.39 Å². The van der Waals surface area contributed by atoms with Crippen LogP contribution in [0.3, 0.4) is 0 Å². The van der Waals surface area contributed by atoms with Crippen LogP contribution in [-0.2, 0) is 32.7 Å². The summed E-state index contributed by atoms with van der Waals surface area (Å²) in [6, 6.07) is 11.7. The van der Waals surface area contributed by atoms with Crippen molar-refractivity contribution in [1.82, 2.24) is 0 Å². The smallest absolute Gasteiger partial charge is 0.124 e. The van der Waals surface area contributed by atoms with Gasteiger partial charge in [-0.15, -0.1) is 12.0 Å². The SMILES string of the molecule is C#Cc1cc(F)cc(-c2c[c-]c(C)c(C)c2)c1.[Y]. The summed E-state index contributed by atoms with van der Waals surface area (Å²) >= 11 is 0. The Morgan fingerprint density at radius 1 is 1.11 bits per heavy atom. The van der Waals surface area contributed by atoms with Gasteiger partial charge in [0.05, 0.1) is 0 Å². The monoisotopic (exact) mass is 312 g/mol. The summed E-state index contributed by atoms with van der Waals surface area (Å²) in [4.78, 5) is 0. The second kappa shape index (κ2) is 6.27. The Labute approximate surface area is 132 Å². The first kappa shape index (κ1) is 15.1. The van der Waals surface area contributed by atoms with Crippen molar-refractivity contribution in [3.8, 4) is 23.5 Å². The molecule has 0 heterocycles. The van der Waals surface area contributed by atoms with Crippen LogP contribution in [0, 0.1) is 38.1 Å². The van der Waals surface area contributed by atoms with Crippen LogP contribution >= 0.6 is 0 Å². The van der Waals surface area contributed by atoms with E-state index in [0.29, 0.717) is 5.56 Å². The molecule has 0 amide bonds. The molecule has 0 fully saturated rings. The molecule has 2 heteroatoms. The summed E-state index contributed by atoms with van der Waals surface area (Å²) in [7, 11) is 0. The third-order valence-corrected chi connectivity index (χ3v) is 2.81. The minimum atomic E-state index is -0.311. The van der Waals surface area contributed by atoms with Crippen LogP contribution in [0.4, 0.5) is 4.39 Å². The minimum Gasteiger partial charge on any atom is -0.207 e. The fraction of sp³-hybridized carbons (Fsp3) is 0.125. The van der Waals surface area contributed by atoms with E-state index in [0.717, 1.165) is 22.3 Å². The second-order valence-corrected chi connectivity index (χ2v) is 4.07. The van der Waals surface area contributed by atoms with Gasteiger partial charge in [-0.25, -0.2) is 4.39 Å². The van der Waals surface area contributed by atoms with Gasteiger partial charge in [-0.3, -0.25) is 0 Å². The third-order valence-electron chi connectivity index (χ3n) is 2.81. The number of rotatable bonds is 1. The van der Waals surface area contributed by atoms with Gasteiger partial charge in [0.2, 0.25) is 0 Å². The number of halogens is 1. The molecular weight excluding hydrogens is 300 g/mol. The predicted molar refractivity (Wildman–Crippen MR) is 68.1 cm³/mol. The number of benzene rings is 2. The molecule has 0 nitrogen and oxygen atoms in total. The molecule has 0 saturated heterocycles. The summed E-state index contributed by atoms with van der Waals surface area (Å²) < 4.78 is 13.4. The van der Waals surface area contributed by atoms with Crippen molar-refractivity contribution in [3.63, 3.8) is 0 Å². The topological polar surface area (TPSA) is 0 Å². The number of aryl methyl sites for hydroxylation is 2. The summed E-state index contributed by atoms with van der Waals surface area (Å²) in [6.07, 6.45) is 5.30. The minimum absolute atomic E-state index is 0. The quantitative estimate of drug-likeness (QED) is 0.554. The van der Waals surface area contributed by atoms with Crippen LogP contribution in [-0.4, -0.2) is 0 Å². The van der Waals surface area contributed by atoms with Gasteiger partial charge in [-0.05, 0) is 12.1 Å². The van der Waals surface area contributed by atoms with Crippen molar-refractivity contribution in [2.24, 2.45) is 0 Å². The molecule has 0 aliphatic carbocycles. The molecule has 0 atom stereocenters. The van der Waals surface area contributed by atoms with Crippen molar-refractivity contribution in [1.29, 1.82) is 0 Å². The van der Waals surface area contributed by atoms with E-state index < -0.39 is 0 Å². The van der Waals surface area contributed by atoms with E-state index in [2.05, 4.69) is 12.0 Å². The van der Waals surface area contributed by atoms with E-state index in [1.807, 2.05) is 26.0 Å². The van der Waals surface area contributed by atoms with Crippen molar-refractivity contribution in [2.45, 2.75) is 13.8 Å². The van der Waals surface area contributed by atoms with E-state index in [4.69, 9.17) is 6.42 Å². The first-order valence-corrected chi connectivity index (χ1v) is 5.36. The van der Waals surface area contributed by atoms with Crippen LogP contribution in [0.2, 0.25) is 0 Å². The van der Waals surface area contributed by atoms with E-state index >= 15 is 0 Å². The standard InChI is InChI=1S/C16H12F.Y/c1-4-13-8-15(10-16(17)9-13)14-6-5-11(2)12(3)7-14;/h1,6-10H,2-3H3;/q-1;. The van der Waals surface area contributed by atoms with Crippen molar-refractivity contribution >= 4 is 0 Å². The maximum absolute atomic E-state index is 13.4. The van der Waals surface area contributed by atoms with E-state index in [-0.39, 0.29) is 38.5 Å². The van der Waals surface area contributed by atoms with Crippen LogP contribution in [0.15, 0.2) is 30.3 Å². The molecule has 0 bridgehead atoms. The second-order valence-electron chi connectivity index (χ2n) is 4.07. The van der Waals surface area contributed by atoms with Gasteiger partial charge in [-0.2, -0.15) is 29.3 Å². The maximum Gasteiger partial charge on any atom is 0.124 e. The zero-order valence-electron chi connectivity index (χ0n) is 10.4. The van der Waals surface area contributed by atoms with Gasteiger partial charge >= 0.3 is 0 Å². The van der Waals surface area contributed by atoms with Gasteiger partial charge in [0.1, 0.15) is 5.82 Å². The Bertz CT molecular complexity index is 609. The number of terminal acetylenes is 1. The Balaban J connectivity index is 0.00000162. The third kappa shape index (κ3) is 3.28. The van der Waals surface area contributed by atoms with Crippen LogP contribution in [0.5, 0.6) is 0 Å². The van der Waals surface area contributed by atoms with Gasteiger partial charge in [0.25, 0.3) is 0 Å². The Morgan fingerprint density at radius 3 is 2.44 bits per heavy atom.